The van der Waals surface area contributed by atoms with Crippen LogP contribution in [0.1, 0.15) is 46.0 Å². The third-order valence-electron chi connectivity index (χ3n) is 6.36. The molecule has 0 unspecified atom stereocenters. The highest BCUT2D eigenvalue weighted by atomic mass is 28.4. The van der Waals surface area contributed by atoms with E-state index in [1.54, 1.807) is 0 Å². The van der Waals surface area contributed by atoms with Gasteiger partial charge in [0.05, 0.1) is 19.3 Å². The monoisotopic (exact) mass is 394 g/mol. The van der Waals surface area contributed by atoms with Gasteiger partial charge < -0.3 is 23.7 Å². The van der Waals surface area contributed by atoms with Gasteiger partial charge in [-0.3, -0.25) is 0 Å². The number of rotatable bonds is 6. The van der Waals surface area contributed by atoms with Gasteiger partial charge in [0.15, 0.2) is 14.6 Å². The van der Waals surface area contributed by atoms with Crippen LogP contribution >= 0.6 is 0 Å². The maximum atomic E-state index is 10.9. The molecule has 0 aromatic heterocycles. The normalized spacial score (nSPS) is 32.9. The summed E-state index contributed by atoms with van der Waals surface area (Å²) in [7, 11) is -1.83. The molecule has 0 radical (unpaired) electrons. The Kier molecular flexibility index (Phi) is 5.88. The number of hydrogen-bond acceptors (Lipinski definition) is 5. The number of benzene rings is 1. The molecular weight excluding hydrogens is 360 g/mol. The predicted octanol–water partition coefficient (Wildman–Crippen LogP) is 4.03. The molecule has 2 saturated heterocycles. The minimum Gasteiger partial charge on any atom is -0.414 e. The quantitative estimate of drug-likeness (QED) is 0.583. The van der Waals surface area contributed by atoms with Crippen molar-refractivity contribution in [2.24, 2.45) is 0 Å². The lowest BCUT2D eigenvalue weighted by atomic mass is 9.94. The van der Waals surface area contributed by atoms with Crippen molar-refractivity contribution in [3.8, 4) is 0 Å². The second-order valence-electron chi connectivity index (χ2n) is 9.38. The topological polar surface area (TPSA) is 60.5 Å². The molecule has 0 saturated carbocycles. The van der Waals surface area contributed by atoms with E-state index in [9.17, 15) is 5.11 Å². The average Bonchev–Trinajstić information content (AvgIpc) is 3.31. The van der Waals surface area contributed by atoms with E-state index in [-0.39, 0.29) is 17.2 Å². The van der Waals surface area contributed by atoms with Crippen molar-refractivity contribution in [2.45, 2.75) is 82.5 Å². The maximum Gasteiger partial charge on any atom is 0.192 e. The number of ether oxygens (including phenoxy) is 3. The first-order valence-electron chi connectivity index (χ1n) is 9.86. The van der Waals surface area contributed by atoms with Gasteiger partial charge in [-0.2, -0.15) is 0 Å². The molecule has 5 nitrogen and oxygen atoms in total. The highest BCUT2D eigenvalue weighted by Crippen LogP contribution is 2.45. The van der Waals surface area contributed by atoms with Gasteiger partial charge >= 0.3 is 0 Å². The van der Waals surface area contributed by atoms with Crippen molar-refractivity contribution >= 4 is 8.32 Å². The third-order valence-corrected chi connectivity index (χ3v) is 10.9. The van der Waals surface area contributed by atoms with E-state index in [0.717, 1.165) is 5.56 Å². The van der Waals surface area contributed by atoms with Crippen molar-refractivity contribution in [2.75, 3.05) is 13.2 Å². The van der Waals surface area contributed by atoms with Gasteiger partial charge in [0.25, 0.3) is 0 Å². The number of hydrogen-bond donors (Lipinski definition) is 1. The van der Waals surface area contributed by atoms with Crippen LogP contribution in [0.5, 0.6) is 0 Å². The molecule has 2 aliphatic rings. The van der Waals surface area contributed by atoms with Crippen molar-refractivity contribution in [1.29, 1.82) is 0 Å². The Balaban J connectivity index is 1.57. The SMILES string of the molecule is CC(C)(C)[Si](C)(C)OC[C@@H]1O[C@@]1(C)[C@@H](O)[C@@H]1CCO[C@H](c2ccccc2)O1. The van der Waals surface area contributed by atoms with E-state index in [4.69, 9.17) is 18.6 Å². The van der Waals surface area contributed by atoms with Gasteiger partial charge in [-0.15, -0.1) is 0 Å². The fourth-order valence-electron chi connectivity index (χ4n) is 3.18. The summed E-state index contributed by atoms with van der Waals surface area (Å²) in [6, 6.07) is 9.84. The van der Waals surface area contributed by atoms with Crippen molar-refractivity contribution in [3.05, 3.63) is 35.9 Å². The Morgan fingerprint density at radius 3 is 2.56 bits per heavy atom. The van der Waals surface area contributed by atoms with Gasteiger partial charge in [-0.25, -0.2) is 0 Å². The summed E-state index contributed by atoms with van der Waals surface area (Å²) in [5.74, 6) is 0. The molecule has 27 heavy (non-hydrogen) atoms. The molecule has 0 aliphatic carbocycles. The van der Waals surface area contributed by atoms with Crippen LogP contribution in [0, 0.1) is 0 Å². The second kappa shape index (κ2) is 7.58. The van der Waals surface area contributed by atoms with Crippen LogP contribution in [0.4, 0.5) is 0 Å². The van der Waals surface area contributed by atoms with Crippen molar-refractivity contribution in [3.63, 3.8) is 0 Å². The zero-order valence-electron chi connectivity index (χ0n) is 17.4. The lowest BCUT2D eigenvalue weighted by Crippen LogP contribution is -2.46. The summed E-state index contributed by atoms with van der Waals surface area (Å²) in [5.41, 5.74) is 0.347. The molecule has 2 heterocycles. The summed E-state index contributed by atoms with van der Waals surface area (Å²) >= 11 is 0. The van der Waals surface area contributed by atoms with Crippen molar-refractivity contribution < 1.29 is 23.7 Å². The van der Waals surface area contributed by atoms with E-state index in [0.29, 0.717) is 19.6 Å². The first kappa shape index (κ1) is 21.0. The second-order valence-corrected chi connectivity index (χ2v) is 14.2. The molecule has 1 aromatic rings. The van der Waals surface area contributed by atoms with Crippen LogP contribution in [0.2, 0.25) is 18.1 Å². The van der Waals surface area contributed by atoms with E-state index < -0.39 is 26.3 Å². The molecule has 6 heteroatoms. The lowest BCUT2D eigenvalue weighted by molar-refractivity contribution is -0.243. The average molecular weight is 395 g/mol. The summed E-state index contributed by atoms with van der Waals surface area (Å²) in [4.78, 5) is 0. The smallest absolute Gasteiger partial charge is 0.192 e. The Labute approximate surface area is 164 Å². The maximum absolute atomic E-state index is 10.9. The number of epoxide rings is 1. The molecule has 152 valence electrons. The molecule has 0 bridgehead atoms. The molecule has 2 aliphatic heterocycles. The minimum absolute atomic E-state index is 0.0942. The molecular formula is C21H34O5Si. The van der Waals surface area contributed by atoms with E-state index in [2.05, 4.69) is 33.9 Å². The molecule has 1 N–H and O–H groups in total. The summed E-state index contributed by atoms with van der Waals surface area (Å²) in [5, 5.41) is 11.1. The Morgan fingerprint density at radius 1 is 1.26 bits per heavy atom. The Hall–Kier alpha value is -0.763. The fourth-order valence-corrected chi connectivity index (χ4v) is 4.18. The van der Waals surface area contributed by atoms with Gasteiger partial charge in [-0.1, -0.05) is 51.1 Å². The first-order valence-corrected chi connectivity index (χ1v) is 12.8. The molecule has 0 spiro atoms. The Morgan fingerprint density at radius 2 is 1.93 bits per heavy atom. The molecule has 2 fully saturated rings. The van der Waals surface area contributed by atoms with E-state index in [1.165, 1.54) is 0 Å². The zero-order chi connectivity index (χ0) is 19.9. The fraction of sp³-hybridized carbons (Fsp3) is 0.714. The van der Waals surface area contributed by atoms with Gasteiger partial charge in [0, 0.05) is 5.56 Å². The highest BCUT2D eigenvalue weighted by molar-refractivity contribution is 6.74. The molecule has 0 amide bonds. The zero-order valence-corrected chi connectivity index (χ0v) is 18.4. The van der Waals surface area contributed by atoms with Crippen LogP contribution in [-0.4, -0.2) is 50.6 Å². The van der Waals surface area contributed by atoms with Crippen LogP contribution < -0.4 is 0 Å². The molecule has 3 rings (SSSR count). The highest BCUT2D eigenvalue weighted by Gasteiger charge is 2.60. The predicted molar refractivity (Wildman–Crippen MR) is 107 cm³/mol. The molecule has 5 atom stereocenters. The first-order chi connectivity index (χ1) is 12.5. The number of aliphatic hydroxyl groups is 1. The molecule has 1 aromatic carbocycles. The summed E-state index contributed by atoms with van der Waals surface area (Å²) in [6.07, 6.45) is -0.904. The van der Waals surface area contributed by atoms with E-state index in [1.807, 2.05) is 37.3 Å². The van der Waals surface area contributed by atoms with Crippen LogP contribution in [-0.2, 0) is 18.6 Å². The Bertz CT molecular complexity index is 629. The van der Waals surface area contributed by atoms with Crippen LogP contribution in [0.15, 0.2) is 30.3 Å². The van der Waals surface area contributed by atoms with Crippen molar-refractivity contribution in [1.82, 2.24) is 0 Å². The third kappa shape index (κ3) is 4.47. The van der Waals surface area contributed by atoms with E-state index >= 15 is 0 Å². The summed E-state index contributed by atoms with van der Waals surface area (Å²) in [6.45, 7) is 14.2. The van der Waals surface area contributed by atoms with Gasteiger partial charge in [0.1, 0.15) is 17.8 Å². The minimum atomic E-state index is -1.83. The van der Waals surface area contributed by atoms with Gasteiger partial charge in [0.2, 0.25) is 0 Å². The standard InChI is InChI=1S/C21H34O5Si/c1-20(2,3)27(5,6)24-14-17-21(4,26-17)18(22)16-12-13-23-19(25-16)15-10-8-7-9-11-15/h7-11,16-19,22H,12-14H2,1-6H3/t16-,17-,18-,19-,21+/m0/s1. The van der Waals surface area contributed by atoms with Crippen LogP contribution in [0.3, 0.4) is 0 Å². The largest absolute Gasteiger partial charge is 0.414 e. The summed E-state index contributed by atoms with van der Waals surface area (Å²) < 4.78 is 24.0. The van der Waals surface area contributed by atoms with Crippen LogP contribution in [0.25, 0.3) is 0 Å². The van der Waals surface area contributed by atoms with Gasteiger partial charge in [-0.05, 0) is 31.5 Å². The lowest BCUT2D eigenvalue weighted by Gasteiger charge is -2.36. The number of aliphatic hydroxyl groups excluding tert-OH is 1.